The van der Waals surface area contributed by atoms with E-state index in [2.05, 4.69) is 10.3 Å². The number of aromatic nitrogens is 1. The molecule has 0 spiro atoms. The highest BCUT2D eigenvalue weighted by molar-refractivity contribution is 7.73. The molecule has 7 nitrogen and oxygen atoms in total. The lowest BCUT2D eigenvalue weighted by atomic mass is 10.1. The predicted octanol–water partition coefficient (Wildman–Crippen LogP) is 2.83. The molecule has 3 rings (SSSR count). The maximum Gasteiger partial charge on any atom is 0.325 e. The maximum absolute atomic E-state index is 12.0. The highest BCUT2D eigenvalue weighted by Crippen LogP contribution is 2.35. The Kier molecular flexibility index (Phi) is 5.01. The SMILES string of the molecule is CC(NC(=O)Cn1c(O)c(/C=C2\C=Nc3ccccc32)sc1=S)C(=O)O. The molecule has 1 aromatic heterocycles. The molecule has 134 valence electrons. The van der Waals surface area contributed by atoms with Crippen molar-refractivity contribution in [3.63, 3.8) is 0 Å². The van der Waals surface area contributed by atoms with Gasteiger partial charge < -0.3 is 15.5 Å². The Balaban J connectivity index is 1.85. The number of hydrogen-bond acceptors (Lipinski definition) is 6. The monoisotopic (exact) mass is 389 g/mol. The van der Waals surface area contributed by atoms with Crippen LogP contribution in [0.4, 0.5) is 5.69 Å². The number of carboxylic acid groups (broad SMARTS) is 1. The number of nitrogens with one attached hydrogen (secondary N) is 1. The van der Waals surface area contributed by atoms with Crippen LogP contribution in [0.15, 0.2) is 29.3 Å². The van der Waals surface area contributed by atoms with Crippen LogP contribution in [-0.4, -0.2) is 38.9 Å². The van der Waals surface area contributed by atoms with Gasteiger partial charge in [-0.2, -0.15) is 0 Å². The molecule has 2 aromatic rings. The molecule has 1 aliphatic heterocycles. The number of thiazole rings is 1. The van der Waals surface area contributed by atoms with Crippen LogP contribution in [0.5, 0.6) is 5.88 Å². The van der Waals surface area contributed by atoms with Gasteiger partial charge in [-0.05, 0) is 31.3 Å². The molecule has 0 saturated carbocycles. The lowest BCUT2D eigenvalue weighted by Crippen LogP contribution is -2.40. The standard InChI is InChI=1S/C17H15N3O4S2/c1-9(16(23)24)19-14(21)8-20-15(22)13(26-17(20)25)6-10-7-18-12-5-3-2-4-11(10)12/h2-7,9,22H,8H2,1H3,(H,19,21)(H,23,24)/b10-6+. The molecule has 0 fully saturated rings. The van der Waals surface area contributed by atoms with Crippen LogP contribution in [0.1, 0.15) is 17.4 Å². The zero-order valence-corrected chi connectivity index (χ0v) is 15.3. The Morgan fingerprint density at radius 3 is 2.88 bits per heavy atom. The van der Waals surface area contributed by atoms with Crippen LogP contribution < -0.4 is 5.32 Å². The minimum atomic E-state index is -1.14. The van der Waals surface area contributed by atoms with Crippen LogP contribution in [0.25, 0.3) is 11.6 Å². The molecule has 1 amide bonds. The number of allylic oxidation sites excluding steroid dienone is 1. The molecule has 26 heavy (non-hydrogen) atoms. The van der Waals surface area contributed by atoms with Gasteiger partial charge in [0.25, 0.3) is 0 Å². The smallest absolute Gasteiger partial charge is 0.325 e. The Labute approximate surface area is 157 Å². The topological polar surface area (TPSA) is 104 Å². The third-order valence-electron chi connectivity index (χ3n) is 3.79. The van der Waals surface area contributed by atoms with E-state index in [1.807, 2.05) is 24.3 Å². The second kappa shape index (κ2) is 7.22. The predicted molar refractivity (Wildman–Crippen MR) is 103 cm³/mol. The summed E-state index contributed by atoms with van der Waals surface area (Å²) in [5.41, 5.74) is 2.64. The molecule has 1 aromatic carbocycles. The molecule has 0 saturated heterocycles. The van der Waals surface area contributed by atoms with E-state index >= 15 is 0 Å². The van der Waals surface area contributed by atoms with Crippen molar-refractivity contribution in [2.24, 2.45) is 4.99 Å². The molecule has 1 unspecified atom stereocenters. The number of aromatic hydroxyl groups is 1. The first-order chi connectivity index (χ1) is 12.4. The van der Waals surface area contributed by atoms with Gasteiger partial charge in [-0.15, -0.1) is 11.3 Å². The van der Waals surface area contributed by atoms with Gasteiger partial charge in [-0.1, -0.05) is 18.2 Å². The summed E-state index contributed by atoms with van der Waals surface area (Å²) in [6, 6.07) is 6.61. The molecule has 0 radical (unpaired) electrons. The maximum atomic E-state index is 12.0. The van der Waals surface area contributed by atoms with Gasteiger partial charge in [0.05, 0.1) is 10.6 Å². The number of aliphatic imine (C=N–C) groups is 1. The largest absolute Gasteiger partial charge is 0.493 e. The van der Waals surface area contributed by atoms with Crippen LogP contribution in [0, 0.1) is 3.95 Å². The molecule has 3 N–H and O–H groups in total. The summed E-state index contributed by atoms with van der Waals surface area (Å²) in [5, 5.41) is 21.6. The minimum absolute atomic E-state index is 0.136. The van der Waals surface area contributed by atoms with Crippen LogP contribution >= 0.6 is 23.6 Å². The summed E-state index contributed by atoms with van der Waals surface area (Å²) in [6.07, 6.45) is 3.47. The van der Waals surface area contributed by atoms with Crippen molar-refractivity contribution >= 4 is 59.0 Å². The summed E-state index contributed by atoms with van der Waals surface area (Å²) in [7, 11) is 0. The first-order valence-corrected chi connectivity index (χ1v) is 8.89. The molecule has 2 heterocycles. The Bertz CT molecular complexity index is 1000. The average molecular weight is 389 g/mol. The van der Waals surface area contributed by atoms with Gasteiger partial charge in [0.15, 0.2) is 3.95 Å². The molecule has 9 heteroatoms. The Hall–Kier alpha value is -2.78. The third-order valence-corrected chi connectivity index (χ3v) is 5.17. The van der Waals surface area contributed by atoms with Gasteiger partial charge in [-0.25, -0.2) is 0 Å². The van der Waals surface area contributed by atoms with E-state index in [1.54, 1.807) is 12.3 Å². The molecule has 1 aliphatic rings. The number of carbonyl (C=O) groups excluding carboxylic acids is 1. The number of aliphatic carboxylic acids is 1. The van der Waals surface area contributed by atoms with Crippen LogP contribution in [-0.2, 0) is 16.1 Å². The number of para-hydroxylation sites is 1. The van der Waals surface area contributed by atoms with Crippen molar-refractivity contribution < 1.29 is 19.8 Å². The van der Waals surface area contributed by atoms with E-state index in [4.69, 9.17) is 17.3 Å². The summed E-state index contributed by atoms with van der Waals surface area (Å²) in [6.45, 7) is 1.10. The van der Waals surface area contributed by atoms with Crippen molar-refractivity contribution in [1.82, 2.24) is 9.88 Å². The molecular formula is C17H15N3O4S2. The number of carbonyl (C=O) groups is 2. The van der Waals surface area contributed by atoms with Gasteiger partial charge in [-0.3, -0.25) is 19.1 Å². The van der Waals surface area contributed by atoms with E-state index in [0.29, 0.717) is 8.83 Å². The van der Waals surface area contributed by atoms with E-state index in [1.165, 1.54) is 11.5 Å². The number of benzene rings is 1. The Morgan fingerprint density at radius 2 is 2.15 bits per heavy atom. The quantitative estimate of drug-likeness (QED) is 0.682. The fourth-order valence-corrected chi connectivity index (χ4v) is 3.69. The number of rotatable bonds is 5. The molecular weight excluding hydrogens is 374 g/mol. The van der Waals surface area contributed by atoms with Gasteiger partial charge in [0.1, 0.15) is 12.6 Å². The zero-order valence-electron chi connectivity index (χ0n) is 13.7. The van der Waals surface area contributed by atoms with Gasteiger partial charge in [0.2, 0.25) is 11.8 Å². The van der Waals surface area contributed by atoms with E-state index in [-0.39, 0.29) is 12.4 Å². The lowest BCUT2D eigenvalue weighted by Gasteiger charge is -2.10. The lowest BCUT2D eigenvalue weighted by molar-refractivity contribution is -0.141. The van der Waals surface area contributed by atoms with Gasteiger partial charge in [0, 0.05) is 17.4 Å². The van der Waals surface area contributed by atoms with E-state index in [0.717, 1.165) is 28.2 Å². The van der Waals surface area contributed by atoms with E-state index < -0.39 is 17.9 Å². The number of fused-ring (bicyclic) bond motifs is 1. The first kappa shape index (κ1) is 18.0. The van der Waals surface area contributed by atoms with Crippen LogP contribution in [0.2, 0.25) is 0 Å². The fraction of sp³-hybridized carbons (Fsp3) is 0.176. The summed E-state index contributed by atoms with van der Waals surface area (Å²) >= 11 is 6.39. The third kappa shape index (κ3) is 3.58. The number of hydrogen-bond donors (Lipinski definition) is 3. The highest BCUT2D eigenvalue weighted by Gasteiger charge is 2.19. The van der Waals surface area contributed by atoms with Crippen molar-refractivity contribution in [1.29, 1.82) is 0 Å². The van der Waals surface area contributed by atoms with Crippen molar-refractivity contribution in [3.8, 4) is 5.88 Å². The van der Waals surface area contributed by atoms with Crippen molar-refractivity contribution in [3.05, 3.63) is 38.7 Å². The summed E-state index contributed by atoms with van der Waals surface area (Å²) in [4.78, 5) is 27.6. The number of carboxylic acids is 1. The highest BCUT2D eigenvalue weighted by atomic mass is 32.1. The Morgan fingerprint density at radius 1 is 1.42 bits per heavy atom. The fourth-order valence-electron chi connectivity index (χ4n) is 2.44. The second-order valence-electron chi connectivity index (χ2n) is 5.64. The summed E-state index contributed by atoms with van der Waals surface area (Å²) < 4.78 is 1.59. The van der Waals surface area contributed by atoms with Crippen molar-refractivity contribution in [2.45, 2.75) is 19.5 Å². The van der Waals surface area contributed by atoms with Crippen molar-refractivity contribution in [2.75, 3.05) is 0 Å². The number of amides is 1. The average Bonchev–Trinajstić information content (AvgIpc) is 3.11. The molecule has 1 atom stereocenters. The zero-order chi connectivity index (χ0) is 18.8. The number of nitrogens with zero attached hydrogens (tertiary/aromatic N) is 2. The van der Waals surface area contributed by atoms with Crippen LogP contribution in [0.3, 0.4) is 0 Å². The van der Waals surface area contributed by atoms with E-state index in [9.17, 15) is 14.7 Å². The van der Waals surface area contributed by atoms with Gasteiger partial charge >= 0.3 is 5.97 Å². The summed E-state index contributed by atoms with van der Waals surface area (Å²) in [5.74, 6) is -1.82. The first-order valence-electron chi connectivity index (χ1n) is 7.66. The molecule has 0 aliphatic carbocycles. The molecule has 0 bridgehead atoms. The second-order valence-corrected chi connectivity index (χ2v) is 7.32. The normalized spacial score (nSPS) is 15.0. The minimum Gasteiger partial charge on any atom is -0.493 e.